The van der Waals surface area contributed by atoms with E-state index in [2.05, 4.69) is 4.72 Å². The van der Waals surface area contributed by atoms with E-state index >= 15 is 0 Å². The highest BCUT2D eigenvalue weighted by molar-refractivity contribution is 7.88. The van der Waals surface area contributed by atoms with Crippen LogP contribution in [0.5, 0.6) is 0 Å². The van der Waals surface area contributed by atoms with Crippen molar-refractivity contribution in [3.05, 3.63) is 35.6 Å². The Morgan fingerprint density at radius 2 is 1.85 bits per heavy atom. The zero-order chi connectivity index (χ0) is 14.6. The van der Waals surface area contributed by atoms with Crippen LogP contribution in [-0.4, -0.2) is 25.7 Å². The van der Waals surface area contributed by atoms with E-state index in [0.717, 1.165) is 19.3 Å². The Morgan fingerprint density at radius 1 is 1.20 bits per heavy atom. The van der Waals surface area contributed by atoms with Gasteiger partial charge in [0.1, 0.15) is 5.82 Å². The molecule has 2 rings (SSSR count). The van der Waals surface area contributed by atoms with Gasteiger partial charge in [0.05, 0.1) is 11.4 Å². The van der Waals surface area contributed by atoms with Crippen LogP contribution in [0.2, 0.25) is 0 Å². The molecule has 1 aromatic rings. The Labute approximate surface area is 119 Å². The van der Waals surface area contributed by atoms with E-state index in [0.29, 0.717) is 12.8 Å². The number of benzene rings is 1. The maximum Gasteiger partial charge on any atom is 0.215 e. The molecule has 1 aliphatic rings. The standard InChI is InChI=1S/C14H20FNO3S/c15-13-7-3-2-6-12(13)10-20(18,19)16-11-14(17)8-4-1-5-9-14/h2-3,6-7,16-17H,1,4-5,8-11H2. The van der Waals surface area contributed by atoms with Gasteiger partial charge < -0.3 is 5.11 Å². The van der Waals surface area contributed by atoms with E-state index in [4.69, 9.17) is 0 Å². The first-order chi connectivity index (χ1) is 9.40. The van der Waals surface area contributed by atoms with Crippen LogP contribution >= 0.6 is 0 Å². The lowest BCUT2D eigenvalue weighted by Gasteiger charge is -2.32. The molecule has 20 heavy (non-hydrogen) atoms. The lowest BCUT2D eigenvalue weighted by molar-refractivity contribution is 0.00944. The quantitative estimate of drug-likeness (QED) is 0.873. The minimum atomic E-state index is -3.64. The Hall–Kier alpha value is -0.980. The Balaban J connectivity index is 1.96. The molecule has 1 aromatic carbocycles. The van der Waals surface area contributed by atoms with Crippen molar-refractivity contribution in [2.75, 3.05) is 6.54 Å². The van der Waals surface area contributed by atoms with E-state index in [1.165, 1.54) is 18.2 Å². The van der Waals surface area contributed by atoms with Gasteiger partial charge in [-0.25, -0.2) is 17.5 Å². The molecule has 0 saturated heterocycles. The van der Waals surface area contributed by atoms with Gasteiger partial charge in [-0.1, -0.05) is 37.5 Å². The highest BCUT2D eigenvalue weighted by Gasteiger charge is 2.30. The third kappa shape index (κ3) is 4.26. The van der Waals surface area contributed by atoms with E-state index in [9.17, 15) is 17.9 Å². The fourth-order valence-electron chi connectivity index (χ4n) is 2.50. The van der Waals surface area contributed by atoms with Crippen molar-refractivity contribution in [1.29, 1.82) is 0 Å². The summed E-state index contributed by atoms with van der Waals surface area (Å²) in [7, 11) is -3.64. The molecule has 1 fully saturated rings. The molecule has 1 aliphatic carbocycles. The van der Waals surface area contributed by atoms with Gasteiger partial charge in [0, 0.05) is 12.1 Å². The third-order valence-electron chi connectivity index (χ3n) is 3.71. The molecular formula is C14H20FNO3S. The Bertz CT molecular complexity index is 553. The second kappa shape index (κ2) is 6.20. The lowest BCUT2D eigenvalue weighted by atomic mass is 9.85. The number of hydrogen-bond donors (Lipinski definition) is 2. The molecule has 0 aliphatic heterocycles. The van der Waals surface area contributed by atoms with Crippen molar-refractivity contribution in [3.8, 4) is 0 Å². The molecule has 0 radical (unpaired) electrons. The highest BCUT2D eigenvalue weighted by Crippen LogP contribution is 2.27. The summed E-state index contributed by atoms with van der Waals surface area (Å²) in [6.07, 6.45) is 4.10. The van der Waals surface area contributed by atoms with E-state index < -0.39 is 27.2 Å². The topological polar surface area (TPSA) is 66.4 Å². The van der Waals surface area contributed by atoms with Crippen LogP contribution < -0.4 is 4.72 Å². The van der Waals surface area contributed by atoms with Crippen LogP contribution in [0, 0.1) is 5.82 Å². The fourth-order valence-corrected chi connectivity index (χ4v) is 3.74. The second-order valence-electron chi connectivity index (χ2n) is 5.46. The molecule has 0 bridgehead atoms. The number of nitrogens with one attached hydrogen (secondary N) is 1. The second-order valence-corrected chi connectivity index (χ2v) is 7.26. The zero-order valence-corrected chi connectivity index (χ0v) is 12.1. The number of halogens is 1. The molecule has 4 nitrogen and oxygen atoms in total. The molecule has 0 atom stereocenters. The molecule has 1 saturated carbocycles. The minimum Gasteiger partial charge on any atom is -0.389 e. The first kappa shape index (κ1) is 15.4. The van der Waals surface area contributed by atoms with Gasteiger partial charge in [0.25, 0.3) is 0 Å². The summed E-state index contributed by atoms with van der Waals surface area (Å²) in [6, 6.07) is 5.80. The predicted octanol–water partition coefficient (Wildman–Crippen LogP) is 1.94. The highest BCUT2D eigenvalue weighted by atomic mass is 32.2. The molecule has 0 spiro atoms. The summed E-state index contributed by atoms with van der Waals surface area (Å²) in [5.74, 6) is -0.940. The average molecular weight is 301 g/mol. The smallest absolute Gasteiger partial charge is 0.215 e. The molecule has 6 heteroatoms. The van der Waals surface area contributed by atoms with Crippen molar-refractivity contribution in [2.24, 2.45) is 0 Å². The van der Waals surface area contributed by atoms with Crippen LogP contribution in [0.25, 0.3) is 0 Å². The van der Waals surface area contributed by atoms with E-state index in [1.807, 2.05) is 0 Å². The van der Waals surface area contributed by atoms with Crippen LogP contribution in [-0.2, 0) is 15.8 Å². The molecule has 0 aromatic heterocycles. The van der Waals surface area contributed by atoms with Gasteiger partial charge in [-0.2, -0.15) is 0 Å². The van der Waals surface area contributed by atoms with Crippen molar-refractivity contribution in [1.82, 2.24) is 4.72 Å². The number of sulfonamides is 1. The number of hydrogen-bond acceptors (Lipinski definition) is 3. The summed E-state index contributed by atoms with van der Waals surface area (Å²) >= 11 is 0. The van der Waals surface area contributed by atoms with Crippen LogP contribution in [0.15, 0.2) is 24.3 Å². The maximum absolute atomic E-state index is 13.4. The number of rotatable bonds is 5. The third-order valence-corrected chi connectivity index (χ3v) is 4.98. The zero-order valence-electron chi connectivity index (χ0n) is 11.3. The van der Waals surface area contributed by atoms with Crippen LogP contribution in [0.1, 0.15) is 37.7 Å². The summed E-state index contributed by atoms with van der Waals surface area (Å²) < 4.78 is 39.7. The molecule has 0 unspecified atom stereocenters. The van der Waals surface area contributed by atoms with Crippen molar-refractivity contribution in [2.45, 2.75) is 43.5 Å². The van der Waals surface area contributed by atoms with E-state index in [1.54, 1.807) is 6.07 Å². The Kier molecular flexibility index (Phi) is 4.78. The molecule has 2 N–H and O–H groups in total. The van der Waals surface area contributed by atoms with Gasteiger partial charge in [0.15, 0.2) is 0 Å². The SMILES string of the molecule is O=S(=O)(Cc1ccccc1F)NCC1(O)CCCCC1. The molecule has 0 amide bonds. The monoisotopic (exact) mass is 301 g/mol. The van der Waals surface area contributed by atoms with E-state index in [-0.39, 0.29) is 12.1 Å². The summed E-state index contributed by atoms with van der Waals surface area (Å²) in [5, 5.41) is 10.3. The van der Waals surface area contributed by atoms with Gasteiger partial charge in [0.2, 0.25) is 10.0 Å². The van der Waals surface area contributed by atoms with Gasteiger partial charge >= 0.3 is 0 Å². The Morgan fingerprint density at radius 3 is 2.50 bits per heavy atom. The summed E-state index contributed by atoms with van der Waals surface area (Å²) in [4.78, 5) is 0. The van der Waals surface area contributed by atoms with Crippen molar-refractivity contribution in [3.63, 3.8) is 0 Å². The predicted molar refractivity (Wildman–Crippen MR) is 75.1 cm³/mol. The normalized spacial score (nSPS) is 18.9. The molecule has 0 heterocycles. The van der Waals surface area contributed by atoms with Crippen molar-refractivity contribution >= 4 is 10.0 Å². The largest absolute Gasteiger partial charge is 0.389 e. The van der Waals surface area contributed by atoms with Crippen LogP contribution in [0.4, 0.5) is 4.39 Å². The maximum atomic E-state index is 13.4. The van der Waals surface area contributed by atoms with Crippen molar-refractivity contribution < 1.29 is 17.9 Å². The molecular weight excluding hydrogens is 281 g/mol. The minimum absolute atomic E-state index is 0.00376. The van der Waals surface area contributed by atoms with Gasteiger partial charge in [-0.15, -0.1) is 0 Å². The van der Waals surface area contributed by atoms with Gasteiger partial charge in [-0.05, 0) is 18.9 Å². The lowest BCUT2D eigenvalue weighted by Crippen LogP contribution is -2.44. The summed E-state index contributed by atoms with van der Waals surface area (Å²) in [5.41, 5.74) is -0.823. The fraction of sp³-hybridized carbons (Fsp3) is 0.571. The average Bonchev–Trinajstić information content (AvgIpc) is 2.40. The summed E-state index contributed by atoms with van der Waals surface area (Å²) in [6.45, 7) is 0.00376. The first-order valence-electron chi connectivity index (χ1n) is 6.83. The van der Waals surface area contributed by atoms with Crippen LogP contribution in [0.3, 0.4) is 0 Å². The first-order valence-corrected chi connectivity index (χ1v) is 8.49. The number of aliphatic hydroxyl groups is 1. The molecule has 112 valence electrons. The van der Waals surface area contributed by atoms with Gasteiger partial charge in [-0.3, -0.25) is 0 Å².